The Bertz CT molecular complexity index is 656. The van der Waals surface area contributed by atoms with E-state index in [0.29, 0.717) is 0 Å². The zero-order valence-corrected chi connectivity index (χ0v) is 19.9. The first kappa shape index (κ1) is 29.2. The Morgan fingerprint density at radius 3 is 1.50 bits per heavy atom. The van der Waals surface area contributed by atoms with E-state index >= 15 is 0 Å². The van der Waals surface area contributed by atoms with Crippen LogP contribution in [0.4, 0.5) is 0 Å². The molecule has 0 aliphatic carbocycles. The van der Waals surface area contributed by atoms with Crippen LogP contribution in [0, 0.1) is 10.8 Å². The maximum Gasteiger partial charge on any atom is 0.380 e. The van der Waals surface area contributed by atoms with Gasteiger partial charge >= 0.3 is 27.1 Å². The predicted octanol–water partition coefficient (Wildman–Crippen LogP) is 1.87. The molecule has 0 heterocycles. The molecule has 0 saturated heterocycles. The van der Waals surface area contributed by atoms with Crippen LogP contribution in [0.2, 0.25) is 0 Å². The highest BCUT2D eigenvalue weighted by atomic mass is 31.2. The summed E-state index contributed by atoms with van der Waals surface area (Å²) in [5, 5.41) is 7.33. The van der Waals surface area contributed by atoms with E-state index in [2.05, 4.69) is 0 Å². The topological polar surface area (TPSA) is 192 Å². The number of rotatable bonds is 11. The number of carbonyl (C=O) groups is 2. The number of carbonyl (C=O) groups excluding carboxylic acids is 2. The van der Waals surface area contributed by atoms with Gasteiger partial charge in [-0.15, -0.1) is 0 Å². The summed E-state index contributed by atoms with van der Waals surface area (Å²) in [7, 11) is -10.7. The highest BCUT2D eigenvalue weighted by Gasteiger charge is 2.62. The SMILES string of the molecule is CC(C)(C)C(=O)OCOP(=O)(OCOC(=O)C(C)(C)C)C(O)(CCCN)P(=O)(O)O. The van der Waals surface area contributed by atoms with Gasteiger partial charge < -0.3 is 30.1 Å². The lowest BCUT2D eigenvalue weighted by Gasteiger charge is -2.34. The number of hydrogen-bond acceptors (Lipinski definition) is 10. The van der Waals surface area contributed by atoms with E-state index in [4.69, 9.17) is 24.3 Å². The quantitative estimate of drug-likeness (QED) is 0.192. The van der Waals surface area contributed by atoms with Gasteiger partial charge in [0.1, 0.15) is 0 Å². The fraction of sp³-hybridized carbons (Fsp3) is 0.875. The molecule has 0 spiro atoms. The lowest BCUT2D eigenvalue weighted by atomic mass is 9.98. The summed E-state index contributed by atoms with van der Waals surface area (Å²) >= 11 is 0. The molecule has 0 rings (SSSR count). The fourth-order valence-corrected chi connectivity index (χ4v) is 5.13. The van der Waals surface area contributed by atoms with Crippen LogP contribution in [-0.2, 0) is 37.2 Å². The highest BCUT2D eigenvalue weighted by molar-refractivity contribution is 7.72. The second kappa shape index (κ2) is 10.7. The minimum Gasteiger partial charge on any atom is -0.438 e. The number of aliphatic hydroxyl groups is 1. The van der Waals surface area contributed by atoms with Crippen molar-refractivity contribution in [3.05, 3.63) is 0 Å². The third-order valence-electron chi connectivity index (χ3n) is 3.67. The maximum absolute atomic E-state index is 13.2. The second-order valence-corrected chi connectivity index (χ2v) is 13.0. The Labute approximate surface area is 176 Å². The van der Waals surface area contributed by atoms with Crippen molar-refractivity contribution >= 4 is 27.1 Å². The van der Waals surface area contributed by atoms with Gasteiger partial charge in [0.15, 0.2) is 0 Å². The Balaban J connectivity index is 5.70. The Hall–Kier alpha value is -0.840. The first-order valence-electron chi connectivity index (χ1n) is 9.03. The molecule has 178 valence electrons. The first-order chi connectivity index (χ1) is 13.3. The van der Waals surface area contributed by atoms with Gasteiger partial charge in [0.05, 0.1) is 10.8 Å². The lowest BCUT2D eigenvalue weighted by molar-refractivity contribution is -0.162. The first-order valence-corrected chi connectivity index (χ1v) is 12.2. The third-order valence-corrected chi connectivity index (χ3v) is 8.34. The van der Waals surface area contributed by atoms with Crippen LogP contribution in [0.3, 0.4) is 0 Å². The van der Waals surface area contributed by atoms with E-state index in [1.54, 1.807) is 0 Å². The largest absolute Gasteiger partial charge is 0.438 e. The normalized spacial score (nSPS) is 15.4. The average Bonchev–Trinajstić information content (AvgIpc) is 2.56. The molecule has 5 N–H and O–H groups in total. The molecule has 1 atom stereocenters. The summed E-state index contributed by atoms with van der Waals surface area (Å²) in [6.45, 7) is 7.02. The van der Waals surface area contributed by atoms with E-state index in [1.165, 1.54) is 41.5 Å². The fourth-order valence-electron chi connectivity index (χ4n) is 1.76. The molecule has 30 heavy (non-hydrogen) atoms. The van der Waals surface area contributed by atoms with Crippen LogP contribution < -0.4 is 5.73 Å². The Morgan fingerprint density at radius 1 is 0.867 bits per heavy atom. The molecule has 12 nitrogen and oxygen atoms in total. The van der Waals surface area contributed by atoms with Gasteiger partial charge in [0.25, 0.3) is 5.08 Å². The molecule has 0 aromatic rings. The van der Waals surface area contributed by atoms with Crippen molar-refractivity contribution < 1.29 is 52.1 Å². The molecule has 0 aliphatic rings. The van der Waals surface area contributed by atoms with E-state index in [9.17, 15) is 33.6 Å². The van der Waals surface area contributed by atoms with Gasteiger partial charge in [-0.25, -0.2) is 0 Å². The van der Waals surface area contributed by atoms with Crippen LogP contribution in [0.25, 0.3) is 0 Å². The van der Waals surface area contributed by atoms with Gasteiger partial charge in [0.2, 0.25) is 13.6 Å². The van der Waals surface area contributed by atoms with Crippen molar-refractivity contribution in [1.29, 1.82) is 0 Å². The minimum absolute atomic E-state index is 0.0969. The molecule has 1 unspecified atom stereocenters. The molecule has 0 aliphatic heterocycles. The van der Waals surface area contributed by atoms with E-state index in [0.717, 1.165) is 0 Å². The molecular weight excluding hydrogens is 444 g/mol. The van der Waals surface area contributed by atoms with Gasteiger partial charge in [-0.1, -0.05) is 0 Å². The number of hydrogen-bond donors (Lipinski definition) is 4. The van der Waals surface area contributed by atoms with Gasteiger partial charge in [-0.3, -0.25) is 27.8 Å². The standard InChI is InChI=1S/C16H33NO11P2/c1-14(2,3)12(18)25-10-27-30(24,28-11-26-13(19)15(4,5)6)16(20,8-7-9-17)29(21,22)23/h20H,7-11,17H2,1-6H3,(H2,21,22,23). The number of esters is 2. The molecule has 0 bridgehead atoms. The third kappa shape index (κ3) is 8.01. The van der Waals surface area contributed by atoms with E-state index in [1.807, 2.05) is 0 Å². The van der Waals surface area contributed by atoms with Crippen LogP contribution in [0.15, 0.2) is 0 Å². The van der Waals surface area contributed by atoms with Crippen LogP contribution >= 0.6 is 15.2 Å². The van der Waals surface area contributed by atoms with Crippen LogP contribution in [0.5, 0.6) is 0 Å². The number of ether oxygens (including phenoxy) is 2. The minimum atomic E-state index is -5.53. The predicted molar refractivity (Wildman–Crippen MR) is 106 cm³/mol. The summed E-state index contributed by atoms with van der Waals surface area (Å²) in [5.74, 6) is -1.54. The molecule has 0 aromatic carbocycles. The molecule has 0 radical (unpaired) electrons. The number of nitrogens with two attached hydrogens (primary N) is 1. The molecule has 0 aromatic heterocycles. The summed E-state index contributed by atoms with van der Waals surface area (Å²) in [6.07, 6.45) is -0.909. The zero-order valence-electron chi connectivity index (χ0n) is 18.1. The monoisotopic (exact) mass is 477 g/mol. The summed E-state index contributed by atoms with van der Waals surface area (Å²) in [5.41, 5.74) is 3.43. The van der Waals surface area contributed by atoms with Crippen molar-refractivity contribution in [2.75, 3.05) is 20.1 Å². The lowest BCUT2D eigenvalue weighted by Crippen LogP contribution is -2.33. The van der Waals surface area contributed by atoms with Crippen molar-refractivity contribution in [3.63, 3.8) is 0 Å². The van der Waals surface area contributed by atoms with Gasteiger partial charge in [-0.2, -0.15) is 0 Å². The Kier molecular flexibility index (Phi) is 10.4. The second-order valence-electron chi connectivity index (χ2n) is 8.57. The van der Waals surface area contributed by atoms with Gasteiger partial charge in [0, 0.05) is 6.42 Å². The molecular formula is C16H33NO11P2. The van der Waals surface area contributed by atoms with Crippen molar-refractivity contribution in [2.45, 2.75) is 59.5 Å². The van der Waals surface area contributed by atoms with E-state index < -0.39 is 63.1 Å². The molecule has 0 saturated carbocycles. The van der Waals surface area contributed by atoms with Crippen molar-refractivity contribution in [2.24, 2.45) is 16.6 Å². The molecule has 14 heteroatoms. The smallest absolute Gasteiger partial charge is 0.380 e. The van der Waals surface area contributed by atoms with Crippen molar-refractivity contribution in [3.8, 4) is 0 Å². The zero-order chi connectivity index (χ0) is 24.0. The summed E-state index contributed by atoms with van der Waals surface area (Å²) < 4.78 is 44.5. The summed E-state index contributed by atoms with van der Waals surface area (Å²) in [4.78, 5) is 43.0. The van der Waals surface area contributed by atoms with Gasteiger partial charge in [-0.05, 0) is 54.5 Å². The Morgan fingerprint density at radius 2 is 1.23 bits per heavy atom. The molecule has 0 amide bonds. The summed E-state index contributed by atoms with van der Waals surface area (Å²) in [6, 6.07) is 0. The van der Waals surface area contributed by atoms with Crippen molar-refractivity contribution in [1.82, 2.24) is 0 Å². The highest BCUT2D eigenvalue weighted by Crippen LogP contribution is 2.74. The molecule has 0 fully saturated rings. The van der Waals surface area contributed by atoms with Crippen LogP contribution in [-0.4, -0.2) is 52.0 Å². The van der Waals surface area contributed by atoms with E-state index in [-0.39, 0.29) is 13.0 Å². The van der Waals surface area contributed by atoms with Crippen LogP contribution in [0.1, 0.15) is 54.4 Å². The maximum atomic E-state index is 13.2. The average molecular weight is 477 g/mol.